The fourth-order valence-corrected chi connectivity index (χ4v) is 4.09. The van der Waals surface area contributed by atoms with Crippen molar-refractivity contribution in [1.29, 1.82) is 0 Å². The summed E-state index contributed by atoms with van der Waals surface area (Å²) in [6.07, 6.45) is 0. The summed E-state index contributed by atoms with van der Waals surface area (Å²) in [6.45, 7) is 4.37. The van der Waals surface area contributed by atoms with Crippen LogP contribution < -0.4 is 18.9 Å². The van der Waals surface area contributed by atoms with Gasteiger partial charge in [0, 0.05) is 13.6 Å². The van der Waals surface area contributed by atoms with Crippen molar-refractivity contribution in [3.05, 3.63) is 41.5 Å². The van der Waals surface area contributed by atoms with Crippen LogP contribution >= 0.6 is 0 Å². The van der Waals surface area contributed by atoms with E-state index in [2.05, 4.69) is 0 Å². The van der Waals surface area contributed by atoms with Crippen molar-refractivity contribution < 1.29 is 27.4 Å². The van der Waals surface area contributed by atoms with Crippen LogP contribution in [-0.2, 0) is 16.6 Å². The molecule has 7 nitrogen and oxygen atoms in total. The summed E-state index contributed by atoms with van der Waals surface area (Å²) in [7, 11) is 2.41. The van der Waals surface area contributed by atoms with Gasteiger partial charge in [0.15, 0.2) is 11.5 Å². The molecule has 28 heavy (non-hydrogen) atoms. The minimum atomic E-state index is -3.68. The molecule has 0 heterocycles. The second-order valence-electron chi connectivity index (χ2n) is 6.15. The number of sulfonamides is 1. The van der Waals surface area contributed by atoms with Crippen molar-refractivity contribution in [3.8, 4) is 23.0 Å². The second-order valence-corrected chi connectivity index (χ2v) is 8.20. The minimum Gasteiger partial charge on any atom is -0.494 e. The molecule has 0 radical (unpaired) electrons. The normalized spacial score (nSPS) is 11.4. The zero-order chi connectivity index (χ0) is 20.9. The summed E-state index contributed by atoms with van der Waals surface area (Å²) in [5, 5.41) is 0. The van der Waals surface area contributed by atoms with Gasteiger partial charge in [0.05, 0.1) is 32.8 Å². The Morgan fingerprint density at radius 2 is 1.54 bits per heavy atom. The average Bonchev–Trinajstić information content (AvgIpc) is 2.68. The van der Waals surface area contributed by atoms with Gasteiger partial charge in [-0.3, -0.25) is 0 Å². The first kappa shape index (κ1) is 21.8. The molecule has 0 fully saturated rings. The Bertz CT molecular complexity index is 901. The van der Waals surface area contributed by atoms with E-state index in [0.717, 1.165) is 5.56 Å². The van der Waals surface area contributed by atoms with Gasteiger partial charge in [-0.15, -0.1) is 0 Å². The highest BCUT2D eigenvalue weighted by Gasteiger charge is 2.23. The number of rotatable bonds is 9. The third-order valence-corrected chi connectivity index (χ3v) is 6.08. The molecule has 0 bridgehead atoms. The number of aryl methyl sites for hydroxylation is 1. The van der Waals surface area contributed by atoms with Crippen LogP contribution in [0.25, 0.3) is 0 Å². The molecule has 2 aromatic rings. The number of nitrogens with zero attached hydrogens (tertiary/aromatic N) is 1. The molecule has 0 aromatic heterocycles. The standard InChI is InChI=1S/C20H27NO6S/c1-7-27-17-9-8-16(10-14(17)2)28(22,23)21(3)13-15-11-18(24-4)20(26-6)19(12-15)25-5/h8-12H,7,13H2,1-6H3. The maximum absolute atomic E-state index is 13.0. The second kappa shape index (κ2) is 9.16. The Hall–Kier alpha value is -2.45. The number of hydrogen-bond acceptors (Lipinski definition) is 6. The third-order valence-electron chi connectivity index (χ3n) is 4.28. The van der Waals surface area contributed by atoms with Crippen LogP contribution in [0.4, 0.5) is 0 Å². The van der Waals surface area contributed by atoms with Crippen LogP contribution in [0.15, 0.2) is 35.2 Å². The van der Waals surface area contributed by atoms with E-state index in [1.807, 2.05) is 13.8 Å². The quantitative estimate of drug-likeness (QED) is 0.633. The number of methoxy groups -OCH3 is 3. The molecule has 154 valence electrons. The summed E-state index contributed by atoms with van der Waals surface area (Å²) < 4.78 is 48.7. The molecule has 8 heteroatoms. The monoisotopic (exact) mass is 409 g/mol. The summed E-state index contributed by atoms with van der Waals surface area (Å²) in [6, 6.07) is 8.32. The van der Waals surface area contributed by atoms with Gasteiger partial charge in [0.2, 0.25) is 15.8 Å². The molecule has 0 saturated carbocycles. The Labute approximate surface area is 166 Å². The molecule has 0 N–H and O–H groups in total. The predicted molar refractivity (Wildman–Crippen MR) is 107 cm³/mol. The van der Waals surface area contributed by atoms with Gasteiger partial charge in [0.25, 0.3) is 0 Å². The van der Waals surface area contributed by atoms with Crippen molar-refractivity contribution in [2.45, 2.75) is 25.3 Å². The number of benzene rings is 2. The summed E-state index contributed by atoms with van der Waals surface area (Å²) >= 11 is 0. The molecule has 0 aliphatic carbocycles. The van der Waals surface area contributed by atoms with E-state index in [1.165, 1.54) is 32.7 Å². The zero-order valence-electron chi connectivity index (χ0n) is 17.1. The molecule has 0 saturated heterocycles. The SMILES string of the molecule is CCOc1ccc(S(=O)(=O)N(C)Cc2cc(OC)c(OC)c(OC)c2)cc1C. The first-order valence-corrected chi connectivity index (χ1v) is 10.2. The summed E-state index contributed by atoms with van der Waals surface area (Å²) in [5.74, 6) is 2.08. The van der Waals surface area contributed by atoms with Gasteiger partial charge in [0.1, 0.15) is 5.75 Å². The zero-order valence-corrected chi connectivity index (χ0v) is 17.9. The van der Waals surface area contributed by atoms with Gasteiger partial charge in [-0.05, 0) is 55.3 Å². The first-order chi connectivity index (χ1) is 13.3. The van der Waals surface area contributed by atoms with Crippen molar-refractivity contribution in [1.82, 2.24) is 4.31 Å². The Morgan fingerprint density at radius 3 is 2.00 bits per heavy atom. The van der Waals surface area contributed by atoms with Crippen LogP contribution in [0.1, 0.15) is 18.1 Å². The van der Waals surface area contributed by atoms with E-state index >= 15 is 0 Å². The largest absolute Gasteiger partial charge is 0.494 e. The van der Waals surface area contributed by atoms with Gasteiger partial charge in [-0.25, -0.2) is 8.42 Å². The van der Waals surface area contributed by atoms with E-state index in [4.69, 9.17) is 18.9 Å². The highest BCUT2D eigenvalue weighted by Crippen LogP contribution is 2.38. The van der Waals surface area contributed by atoms with Crippen molar-refractivity contribution in [2.75, 3.05) is 35.0 Å². The molecule has 0 aliphatic heterocycles. The number of ether oxygens (including phenoxy) is 4. The highest BCUT2D eigenvalue weighted by molar-refractivity contribution is 7.89. The Balaban J connectivity index is 2.33. The van der Waals surface area contributed by atoms with Crippen LogP contribution in [0.5, 0.6) is 23.0 Å². The van der Waals surface area contributed by atoms with Crippen molar-refractivity contribution in [3.63, 3.8) is 0 Å². The van der Waals surface area contributed by atoms with E-state index in [-0.39, 0.29) is 11.4 Å². The van der Waals surface area contributed by atoms with Crippen LogP contribution in [0.3, 0.4) is 0 Å². The molecule has 0 atom stereocenters. The maximum Gasteiger partial charge on any atom is 0.243 e. The molecule has 2 aromatic carbocycles. The number of hydrogen-bond donors (Lipinski definition) is 0. The molecule has 0 unspecified atom stereocenters. The van der Waals surface area contributed by atoms with E-state index < -0.39 is 10.0 Å². The van der Waals surface area contributed by atoms with E-state index in [9.17, 15) is 8.42 Å². The lowest BCUT2D eigenvalue weighted by Crippen LogP contribution is -2.26. The van der Waals surface area contributed by atoms with E-state index in [0.29, 0.717) is 35.2 Å². The van der Waals surface area contributed by atoms with Crippen LogP contribution in [0.2, 0.25) is 0 Å². The van der Waals surface area contributed by atoms with Crippen LogP contribution in [0, 0.1) is 6.92 Å². The maximum atomic E-state index is 13.0. The summed E-state index contributed by atoms with van der Waals surface area (Å²) in [4.78, 5) is 0.211. The third kappa shape index (κ3) is 4.51. The average molecular weight is 410 g/mol. The van der Waals surface area contributed by atoms with Crippen LogP contribution in [-0.4, -0.2) is 47.7 Å². The molecule has 0 amide bonds. The van der Waals surface area contributed by atoms with E-state index in [1.54, 1.807) is 30.3 Å². The van der Waals surface area contributed by atoms with Gasteiger partial charge in [-0.1, -0.05) is 0 Å². The molecular formula is C20H27NO6S. The first-order valence-electron chi connectivity index (χ1n) is 8.77. The lowest BCUT2D eigenvalue weighted by atomic mass is 10.2. The molecular weight excluding hydrogens is 382 g/mol. The minimum absolute atomic E-state index is 0.144. The lowest BCUT2D eigenvalue weighted by Gasteiger charge is -2.20. The van der Waals surface area contributed by atoms with Gasteiger partial charge >= 0.3 is 0 Å². The molecule has 2 rings (SSSR count). The van der Waals surface area contributed by atoms with Crippen molar-refractivity contribution >= 4 is 10.0 Å². The topological polar surface area (TPSA) is 74.3 Å². The lowest BCUT2D eigenvalue weighted by molar-refractivity contribution is 0.323. The van der Waals surface area contributed by atoms with Gasteiger partial charge < -0.3 is 18.9 Å². The summed E-state index contributed by atoms with van der Waals surface area (Å²) in [5.41, 5.74) is 1.48. The van der Waals surface area contributed by atoms with Crippen molar-refractivity contribution in [2.24, 2.45) is 0 Å². The Morgan fingerprint density at radius 1 is 0.929 bits per heavy atom. The predicted octanol–water partition coefficient (Wildman–Crippen LogP) is 3.24. The fourth-order valence-electron chi connectivity index (χ4n) is 2.85. The highest BCUT2D eigenvalue weighted by atomic mass is 32.2. The smallest absolute Gasteiger partial charge is 0.243 e. The fraction of sp³-hybridized carbons (Fsp3) is 0.400. The molecule has 0 spiro atoms. The molecule has 0 aliphatic rings. The Kier molecular flexibility index (Phi) is 7.15. The van der Waals surface area contributed by atoms with Gasteiger partial charge in [-0.2, -0.15) is 4.31 Å².